The van der Waals surface area contributed by atoms with Crippen molar-refractivity contribution in [3.8, 4) is 0 Å². The maximum atomic E-state index is 14.5. The molecule has 1 aromatic rings. The van der Waals surface area contributed by atoms with E-state index in [0.29, 0.717) is 11.4 Å². The lowest BCUT2D eigenvalue weighted by Gasteiger charge is -2.23. The van der Waals surface area contributed by atoms with Crippen LogP contribution in [0.1, 0.15) is 12.8 Å². The fourth-order valence-electron chi connectivity index (χ4n) is 3.36. The van der Waals surface area contributed by atoms with Gasteiger partial charge >= 0.3 is 5.97 Å². The first-order valence-corrected chi connectivity index (χ1v) is 8.59. The van der Waals surface area contributed by atoms with E-state index in [1.165, 1.54) is 18.1 Å². The molecule has 8 heteroatoms. The zero-order chi connectivity index (χ0) is 18.7. The van der Waals surface area contributed by atoms with Crippen molar-refractivity contribution >= 4 is 23.3 Å². The van der Waals surface area contributed by atoms with Gasteiger partial charge < -0.3 is 25.0 Å². The number of hydrogen-bond acceptors (Lipinski definition) is 6. The number of nitrogens with one attached hydrogen (secondary N) is 1. The lowest BCUT2D eigenvalue weighted by molar-refractivity contribution is -0.136. The molecule has 0 spiro atoms. The Morgan fingerprint density at radius 3 is 2.73 bits per heavy atom. The summed E-state index contributed by atoms with van der Waals surface area (Å²) in [5.41, 5.74) is 1.07. The highest BCUT2D eigenvalue weighted by Crippen LogP contribution is 2.34. The van der Waals surface area contributed by atoms with Crippen molar-refractivity contribution in [1.29, 1.82) is 0 Å². The number of amides is 1. The SMILES string of the molecule is COC(=O)C1=C(Nc2cccc(F)c2N2CCCC2)C(=O)N(CCO)C1. The van der Waals surface area contributed by atoms with Crippen LogP contribution in [0.3, 0.4) is 0 Å². The summed E-state index contributed by atoms with van der Waals surface area (Å²) in [6.45, 7) is 1.41. The molecular formula is C18H22FN3O4. The predicted molar refractivity (Wildman–Crippen MR) is 94.2 cm³/mol. The molecule has 7 nitrogen and oxygen atoms in total. The summed E-state index contributed by atoms with van der Waals surface area (Å²) in [4.78, 5) is 28.0. The highest BCUT2D eigenvalue weighted by Gasteiger charge is 2.35. The van der Waals surface area contributed by atoms with Gasteiger partial charge in [-0.05, 0) is 25.0 Å². The lowest BCUT2D eigenvalue weighted by atomic mass is 10.2. The minimum absolute atomic E-state index is 0.0444. The van der Waals surface area contributed by atoms with Crippen LogP contribution in [-0.2, 0) is 14.3 Å². The number of methoxy groups -OCH3 is 1. The Balaban J connectivity index is 1.96. The molecule has 3 rings (SSSR count). The molecule has 1 saturated heterocycles. The van der Waals surface area contributed by atoms with E-state index in [2.05, 4.69) is 5.32 Å². The molecule has 140 valence electrons. The number of aliphatic hydroxyl groups is 1. The smallest absolute Gasteiger partial charge is 0.337 e. The number of esters is 1. The van der Waals surface area contributed by atoms with E-state index in [0.717, 1.165) is 25.9 Å². The van der Waals surface area contributed by atoms with Crippen LogP contribution in [0.2, 0.25) is 0 Å². The molecule has 0 atom stereocenters. The van der Waals surface area contributed by atoms with Crippen LogP contribution in [-0.4, -0.2) is 61.8 Å². The average Bonchev–Trinajstić information content (AvgIpc) is 3.25. The molecule has 0 unspecified atom stereocenters. The van der Waals surface area contributed by atoms with Crippen molar-refractivity contribution in [2.24, 2.45) is 0 Å². The number of β-amino-alcohol motifs (C(OH)–C–C–N with tert-alkyl or cyclic N) is 1. The summed E-state index contributed by atoms with van der Waals surface area (Å²) in [6, 6.07) is 4.62. The number of benzene rings is 1. The van der Waals surface area contributed by atoms with Crippen molar-refractivity contribution < 1.29 is 23.8 Å². The summed E-state index contributed by atoms with van der Waals surface area (Å²) < 4.78 is 19.2. The van der Waals surface area contributed by atoms with Gasteiger partial charge in [-0.2, -0.15) is 0 Å². The molecule has 1 amide bonds. The molecule has 2 aliphatic heterocycles. The number of ether oxygens (including phenoxy) is 1. The molecule has 0 aromatic heterocycles. The minimum Gasteiger partial charge on any atom is -0.466 e. The van der Waals surface area contributed by atoms with Crippen molar-refractivity contribution in [3.05, 3.63) is 35.3 Å². The van der Waals surface area contributed by atoms with Gasteiger partial charge in [-0.3, -0.25) is 4.79 Å². The predicted octanol–water partition coefficient (Wildman–Crippen LogP) is 1.10. The van der Waals surface area contributed by atoms with Gasteiger partial charge in [-0.15, -0.1) is 0 Å². The largest absolute Gasteiger partial charge is 0.466 e. The van der Waals surface area contributed by atoms with E-state index >= 15 is 0 Å². The van der Waals surface area contributed by atoms with Gasteiger partial charge in [-0.25, -0.2) is 9.18 Å². The van der Waals surface area contributed by atoms with Gasteiger partial charge in [0.05, 0.1) is 37.2 Å². The third-order valence-electron chi connectivity index (χ3n) is 4.62. The Bertz CT molecular complexity index is 744. The molecule has 0 saturated carbocycles. The van der Waals surface area contributed by atoms with Crippen molar-refractivity contribution in [1.82, 2.24) is 4.90 Å². The number of aliphatic hydroxyl groups excluding tert-OH is 1. The summed E-state index contributed by atoms with van der Waals surface area (Å²) in [5.74, 6) is -1.42. The third-order valence-corrected chi connectivity index (χ3v) is 4.62. The molecule has 2 aliphatic rings. The maximum absolute atomic E-state index is 14.5. The molecule has 0 aliphatic carbocycles. The van der Waals surface area contributed by atoms with E-state index in [9.17, 15) is 14.0 Å². The van der Waals surface area contributed by atoms with E-state index in [-0.39, 0.29) is 36.8 Å². The molecule has 1 aromatic carbocycles. The first kappa shape index (κ1) is 18.2. The van der Waals surface area contributed by atoms with Crippen LogP contribution in [0.4, 0.5) is 15.8 Å². The third kappa shape index (κ3) is 3.37. The molecule has 1 fully saturated rings. The Hall–Kier alpha value is -2.61. The number of hydrogen-bond donors (Lipinski definition) is 2. The van der Waals surface area contributed by atoms with Crippen LogP contribution in [0.5, 0.6) is 0 Å². The van der Waals surface area contributed by atoms with Gasteiger partial charge in [0.1, 0.15) is 11.5 Å². The van der Waals surface area contributed by atoms with Gasteiger partial charge in [0.25, 0.3) is 5.91 Å². The topological polar surface area (TPSA) is 82.1 Å². The Labute approximate surface area is 151 Å². The first-order valence-electron chi connectivity index (χ1n) is 8.59. The van der Waals surface area contributed by atoms with Gasteiger partial charge in [0, 0.05) is 19.6 Å². The maximum Gasteiger partial charge on any atom is 0.337 e. The number of carbonyl (C=O) groups is 2. The number of nitrogens with zero attached hydrogens (tertiary/aromatic N) is 2. The van der Waals surface area contributed by atoms with Crippen LogP contribution >= 0.6 is 0 Å². The highest BCUT2D eigenvalue weighted by molar-refractivity contribution is 6.09. The fourth-order valence-corrected chi connectivity index (χ4v) is 3.36. The van der Waals surface area contributed by atoms with Gasteiger partial charge in [-0.1, -0.05) is 6.07 Å². The van der Waals surface area contributed by atoms with E-state index in [1.54, 1.807) is 12.1 Å². The zero-order valence-electron chi connectivity index (χ0n) is 14.6. The highest BCUT2D eigenvalue weighted by atomic mass is 19.1. The molecule has 2 N–H and O–H groups in total. The second-order valence-electron chi connectivity index (χ2n) is 6.25. The van der Waals surface area contributed by atoms with Crippen LogP contribution in [0.15, 0.2) is 29.5 Å². The Morgan fingerprint density at radius 2 is 2.08 bits per heavy atom. The number of halogens is 1. The second-order valence-corrected chi connectivity index (χ2v) is 6.25. The monoisotopic (exact) mass is 363 g/mol. The summed E-state index contributed by atoms with van der Waals surface area (Å²) in [5, 5.41) is 12.1. The van der Waals surface area contributed by atoms with E-state index < -0.39 is 11.9 Å². The lowest BCUT2D eigenvalue weighted by Crippen LogP contribution is -2.31. The number of anilines is 2. The molecule has 26 heavy (non-hydrogen) atoms. The van der Waals surface area contributed by atoms with E-state index in [4.69, 9.17) is 9.84 Å². The molecule has 2 heterocycles. The number of carbonyl (C=O) groups excluding carboxylic acids is 2. The summed E-state index contributed by atoms with van der Waals surface area (Å²) in [6.07, 6.45) is 1.96. The van der Waals surface area contributed by atoms with E-state index in [1.807, 2.05) is 4.90 Å². The van der Waals surface area contributed by atoms with Crippen LogP contribution in [0.25, 0.3) is 0 Å². The minimum atomic E-state index is -0.625. The Kier molecular flexibility index (Phi) is 5.41. The Morgan fingerprint density at radius 1 is 1.35 bits per heavy atom. The number of rotatable bonds is 6. The fraction of sp³-hybridized carbons (Fsp3) is 0.444. The first-order chi connectivity index (χ1) is 12.6. The standard InChI is InChI=1S/C18H22FN3O4/c1-26-18(25)12-11-22(9-10-23)17(24)15(12)20-14-6-4-5-13(19)16(14)21-7-2-3-8-21/h4-6,20,23H,2-3,7-11H2,1H3. The number of para-hydroxylation sites is 1. The van der Waals surface area contributed by atoms with Crippen LogP contribution < -0.4 is 10.2 Å². The van der Waals surface area contributed by atoms with Crippen molar-refractivity contribution in [2.45, 2.75) is 12.8 Å². The molecule has 0 radical (unpaired) electrons. The van der Waals surface area contributed by atoms with Crippen LogP contribution in [0, 0.1) is 5.82 Å². The average molecular weight is 363 g/mol. The van der Waals surface area contributed by atoms with Crippen molar-refractivity contribution in [3.63, 3.8) is 0 Å². The van der Waals surface area contributed by atoms with Gasteiger partial charge in [0.15, 0.2) is 0 Å². The zero-order valence-corrected chi connectivity index (χ0v) is 14.6. The molecule has 0 bridgehead atoms. The van der Waals surface area contributed by atoms with Gasteiger partial charge in [0.2, 0.25) is 0 Å². The second kappa shape index (κ2) is 7.74. The summed E-state index contributed by atoms with van der Waals surface area (Å²) >= 11 is 0. The quantitative estimate of drug-likeness (QED) is 0.737. The normalized spacial score (nSPS) is 17.3. The molecular weight excluding hydrogens is 341 g/mol. The van der Waals surface area contributed by atoms with Crippen molar-refractivity contribution in [2.75, 3.05) is 50.1 Å². The summed E-state index contributed by atoms with van der Waals surface area (Å²) in [7, 11) is 1.24.